The Labute approximate surface area is 158 Å². The van der Waals surface area contributed by atoms with Crippen molar-refractivity contribution >= 4 is 5.97 Å². The van der Waals surface area contributed by atoms with Gasteiger partial charge in [-0.1, -0.05) is 0 Å². The van der Waals surface area contributed by atoms with Crippen LogP contribution in [0.2, 0.25) is 0 Å². The molecular weight excluding hydrogens is 384 g/mol. The average Bonchev–Trinajstić information content (AvgIpc) is 2.80. The summed E-state index contributed by atoms with van der Waals surface area (Å²) in [7, 11) is 0. The Bertz CT molecular complexity index is 648. The van der Waals surface area contributed by atoms with Crippen LogP contribution in [0.25, 0.3) is 0 Å². The number of carbonyl (C=O) groups is 1. The van der Waals surface area contributed by atoms with E-state index in [1.807, 2.05) is 0 Å². The molecule has 8 N–H and O–H groups in total. The van der Waals surface area contributed by atoms with Crippen molar-refractivity contribution in [3.63, 3.8) is 0 Å². The van der Waals surface area contributed by atoms with Gasteiger partial charge in [-0.25, -0.2) is 4.79 Å². The van der Waals surface area contributed by atoms with Gasteiger partial charge in [0.2, 0.25) is 6.29 Å². The Hall–Kier alpha value is -1.35. The minimum atomic E-state index is -2.22. The van der Waals surface area contributed by atoms with E-state index in [4.69, 9.17) is 14.2 Å². The first-order valence-corrected chi connectivity index (χ1v) is 8.63. The number of aliphatic hydroxyl groups is 7. The van der Waals surface area contributed by atoms with Crippen LogP contribution in [0.4, 0.5) is 0 Å². The van der Waals surface area contributed by atoms with Gasteiger partial charge >= 0.3 is 5.97 Å². The van der Waals surface area contributed by atoms with E-state index in [1.54, 1.807) is 0 Å². The lowest BCUT2D eigenvalue weighted by Crippen LogP contribution is -2.62. The maximum Gasteiger partial charge on any atom is 0.337 e. The molecule has 12 nitrogen and oxygen atoms in total. The van der Waals surface area contributed by atoms with E-state index in [1.165, 1.54) is 0 Å². The molecular formula is C16H24O12. The predicted octanol–water partition coefficient (Wildman–Crippen LogP) is -4.01. The molecule has 0 spiro atoms. The summed E-state index contributed by atoms with van der Waals surface area (Å²) in [6.45, 7) is 0.460. The Balaban J connectivity index is 1.91. The van der Waals surface area contributed by atoms with Gasteiger partial charge in [0.1, 0.15) is 35.6 Å². The number of ether oxygens (including phenoxy) is 3. The molecule has 2 fully saturated rings. The van der Waals surface area contributed by atoms with Crippen molar-refractivity contribution in [3.8, 4) is 0 Å². The SMILES string of the molecule is CC1(O)C(O)CC2(O)C(C(=O)O)=COC(OC3OC(CO)C(O)C(O)C3O)C21. The number of fused-ring (bicyclic) bond motifs is 1. The molecule has 0 bridgehead atoms. The van der Waals surface area contributed by atoms with Crippen molar-refractivity contribution in [3.05, 3.63) is 11.8 Å². The Morgan fingerprint density at radius 2 is 1.82 bits per heavy atom. The second kappa shape index (κ2) is 7.16. The molecule has 1 saturated heterocycles. The molecule has 0 amide bonds. The van der Waals surface area contributed by atoms with Crippen LogP contribution in [0.5, 0.6) is 0 Å². The van der Waals surface area contributed by atoms with Crippen LogP contribution < -0.4 is 0 Å². The Morgan fingerprint density at radius 1 is 1.18 bits per heavy atom. The van der Waals surface area contributed by atoms with Crippen molar-refractivity contribution in [1.82, 2.24) is 0 Å². The molecule has 12 heteroatoms. The van der Waals surface area contributed by atoms with Gasteiger partial charge in [0.25, 0.3) is 0 Å². The van der Waals surface area contributed by atoms with Gasteiger partial charge in [-0.05, 0) is 6.92 Å². The molecule has 10 atom stereocenters. The molecule has 1 aliphatic carbocycles. The van der Waals surface area contributed by atoms with Crippen molar-refractivity contribution < 1.29 is 59.9 Å². The van der Waals surface area contributed by atoms with Crippen molar-refractivity contribution in [1.29, 1.82) is 0 Å². The predicted molar refractivity (Wildman–Crippen MR) is 85.1 cm³/mol. The summed E-state index contributed by atoms with van der Waals surface area (Å²) in [5.41, 5.74) is -4.85. The number of hydrogen-bond acceptors (Lipinski definition) is 11. The highest BCUT2D eigenvalue weighted by Gasteiger charge is 2.67. The Morgan fingerprint density at radius 3 is 2.39 bits per heavy atom. The summed E-state index contributed by atoms with van der Waals surface area (Å²) in [6.07, 6.45) is -11.0. The zero-order chi connectivity index (χ0) is 21.0. The Kier molecular flexibility index (Phi) is 5.46. The fourth-order valence-electron chi connectivity index (χ4n) is 4.07. The highest BCUT2D eigenvalue weighted by atomic mass is 16.8. The molecule has 0 radical (unpaired) electrons. The average molecular weight is 408 g/mol. The van der Waals surface area contributed by atoms with Crippen molar-refractivity contribution in [2.24, 2.45) is 5.92 Å². The summed E-state index contributed by atoms with van der Waals surface area (Å²) >= 11 is 0. The zero-order valence-corrected chi connectivity index (χ0v) is 14.8. The molecule has 28 heavy (non-hydrogen) atoms. The maximum atomic E-state index is 11.5. The quantitative estimate of drug-likeness (QED) is 0.224. The van der Waals surface area contributed by atoms with Crippen molar-refractivity contribution in [2.75, 3.05) is 6.61 Å². The van der Waals surface area contributed by atoms with E-state index >= 15 is 0 Å². The van der Waals surface area contributed by atoms with Gasteiger partial charge in [-0.3, -0.25) is 0 Å². The first-order chi connectivity index (χ1) is 12.9. The zero-order valence-electron chi connectivity index (χ0n) is 14.8. The molecule has 0 aromatic heterocycles. The minimum absolute atomic E-state index is 0.513. The monoisotopic (exact) mass is 408 g/mol. The van der Waals surface area contributed by atoms with E-state index in [9.17, 15) is 45.6 Å². The number of aliphatic carboxylic acids is 1. The summed E-state index contributed by atoms with van der Waals surface area (Å²) < 4.78 is 15.9. The number of carboxylic acid groups (broad SMARTS) is 1. The van der Waals surface area contributed by atoms with E-state index in [0.29, 0.717) is 6.26 Å². The van der Waals surface area contributed by atoms with Crippen LogP contribution in [0.15, 0.2) is 11.8 Å². The molecule has 1 saturated carbocycles. The lowest BCUT2D eigenvalue weighted by molar-refractivity contribution is -0.352. The van der Waals surface area contributed by atoms with Gasteiger partial charge in [-0.2, -0.15) is 0 Å². The number of carboxylic acids is 1. The lowest BCUT2D eigenvalue weighted by Gasteiger charge is -2.46. The van der Waals surface area contributed by atoms with Crippen LogP contribution in [-0.2, 0) is 19.0 Å². The fourth-order valence-corrected chi connectivity index (χ4v) is 4.07. The van der Waals surface area contributed by atoms with Gasteiger partial charge in [0.15, 0.2) is 6.29 Å². The second-order valence-corrected chi connectivity index (χ2v) is 7.52. The highest BCUT2D eigenvalue weighted by Crippen LogP contribution is 2.52. The highest BCUT2D eigenvalue weighted by molar-refractivity contribution is 5.89. The third kappa shape index (κ3) is 3.10. The van der Waals surface area contributed by atoms with E-state index < -0.39 is 84.8 Å². The van der Waals surface area contributed by atoms with Gasteiger partial charge in [-0.15, -0.1) is 0 Å². The molecule has 10 unspecified atom stereocenters. The van der Waals surface area contributed by atoms with Crippen LogP contribution in [0.1, 0.15) is 13.3 Å². The van der Waals surface area contributed by atoms with Crippen LogP contribution in [0, 0.1) is 5.92 Å². The summed E-state index contributed by atoms with van der Waals surface area (Å²) in [6, 6.07) is 0. The van der Waals surface area contributed by atoms with Crippen LogP contribution in [-0.4, -0.2) is 108 Å². The van der Waals surface area contributed by atoms with Gasteiger partial charge in [0, 0.05) is 6.42 Å². The summed E-state index contributed by atoms with van der Waals surface area (Å²) in [5, 5.41) is 80.1. The molecule has 3 rings (SSSR count). The second-order valence-electron chi connectivity index (χ2n) is 7.52. The molecule has 2 aliphatic heterocycles. The topological polar surface area (TPSA) is 207 Å². The number of hydrogen-bond donors (Lipinski definition) is 8. The van der Waals surface area contributed by atoms with E-state index in [2.05, 4.69) is 0 Å². The first-order valence-electron chi connectivity index (χ1n) is 8.63. The largest absolute Gasteiger partial charge is 0.478 e. The molecule has 0 aromatic rings. The number of rotatable bonds is 4. The fraction of sp³-hybridized carbons (Fsp3) is 0.812. The molecule has 3 aliphatic rings. The van der Waals surface area contributed by atoms with E-state index in [-0.39, 0.29) is 0 Å². The van der Waals surface area contributed by atoms with E-state index in [0.717, 1.165) is 6.92 Å². The van der Waals surface area contributed by atoms with Gasteiger partial charge < -0.3 is 55.1 Å². The van der Waals surface area contributed by atoms with Gasteiger partial charge in [0.05, 0.1) is 30.5 Å². The first kappa shape index (κ1) is 21.4. The molecule has 0 aromatic carbocycles. The minimum Gasteiger partial charge on any atom is -0.478 e. The third-order valence-electron chi connectivity index (χ3n) is 5.73. The van der Waals surface area contributed by atoms with Crippen molar-refractivity contribution in [2.45, 2.75) is 67.6 Å². The maximum absolute atomic E-state index is 11.5. The van der Waals surface area contributed by atoms with Crippen LogP contribution in [0.3, 0.4) is 0 Å². The number of aliphatic hydroxyl groups excluding tert-OH is 5. The molecule has 160 valence electrons. The standard InChI is InChI=1S/C16H24O12/c1-15(24)7(18)2-16(25)5(12(22)23)4-26-14(11(15)16)28-13-10(21)9(20)8(19)6(3-17)27-13/h4,6-11,13-14,17-21,24-25H,2-3H2,1H3,(H,22,23). The van der Waals surface area contributed by atoms with Crippen LogP contribution >= 0.6 is 0 Å². The summed E-state index contributed by atoms with van der Waals surface area (Å²) in [5.74, 6) is -3.03. The molecule has 2 heterocycles. The third-order valence-corrected chi connectivity index (χ3v) is 5.73. The summed E-state index contributed by atoms with van der Waals surface area (Å²) in [4.78, 5) is 11.5. The normalized spacial score (nSPS) is 51.2. The smallest absolute Gasteiger partial charge is 0.337 e. The lowest BCUT2D eigenvalue weighted by atomic mass is 9.77.